The number of hydrogen-bond acceptors (Lipinski definition) is 4. The van der Waals surface area contributed by atoms with E-state index in [1.165, 1.54) is 0 Å². The summed E-state index contributed by atoms with van der Waals surface area (Å²) in [4.78, 5) is 6.79. The number of nitrogens with zero attached hydrogens (tertiary/aromatic N) is 2. The van der Waals surface area contributed by atoms with Crippen LogP contribution in [0, 0.1) is 11.8 Å². The predicted molar refractivity (Wildman–Crippen MR) is 71.3 cm³/mol. The van der Waals surface area contributed by atoms with Gasteiger partial charge in [0.25, 0.3) is 0 Å². The van der Waals surface area contributed by atoms with Gasteiger partial charge in [-0.3, -0.25) is 0 Å². The van der Waals surface area contributed by atoms with Crippen LogP contribution in [0.1, 0.15) is 31.4 Å². The van der Waals surface area contributed by atoms with E-state index in [2.05, 4.69) is 16.0 Å². The number of pyridine rings is 1. The molecule has 2 heterocycles. The lowest BCUT2D eigenvalue weighted by molar-refractivity contribution is 0.133. The Hall–Kier alpha value is -1.13. The van der Waals surface area contributed by atoms with E-state index in [0.29, 0.717) is 11.8 Å². The average Bonchev–Trinajstić information content (AvgIpc) is 2.92. The Labute approximate surface area is 108 Å². The molecule has 2 aliphatic rings. The van der Waals surface area contributed by atoms with Gasteiger partial charge in [0.05, 0.1) is 6.10 Å². The SMILES string of the molecule is CC(N)c1ccc(N2CC3CCC(O)C3C2)nc1. The van der Waals surface area contributed by atoms with E-state index < -0.39 is 0 Å². The quantitative estimate of drug-likeness (QED) is 0.827. The molecule has 4 nitrogen and oxygen atoms in total. The molecule has 0 aromatic carbocycles. The van der Waals surface area contributed by atoms with Crippen molar-refractivity contribution in [2.75, 3.05) is 18.0 Å². The van der Waals surface area contributed by atoms with Gasteiger partial charge in [-0.2, -0.15) is 0 Å². The minimum atomic E-state index is -0.108. The van der Waals surface area contributed by atoms with Crippen molar-refractivity contribution in [2.45, 2.75) is 31.9 Å². The van der Waals surface area contributed by atoms with Crippen LogP contribution in [0.3, 0.4) is 0 Å². The molecule has 1 aliphatic heterocycles. The maximum absolute atomic E-state index is 9.92. The second-order valence-corrected chi connectivity index (χ2v) is 5.71. The molecular formula is C14H21N3O. The molecule has 4 unspecified atom stereocenters. The number of fused-ring (bicyclic) bond motifs is 1. The summed E-state index contributed by atoms with van der Waals surface area (Å²) >= 11 is 0. The van der Waals surface area contributed by atoms with Crippen LogP contribution >= 0.6 is 0 Å². The van der Waals surface area contributed by atoms with Gasteiger partial charge in [0.2, 0.25) is 0 Å². The lowest BCUT2D eigenvalue weighted by Crippen LogP contribution is -2.25. The molecule has 1 aromatic heterocycles. The van der Waals surface area contributed by atoms with Gasteiger partial charge < -0.3 is 15.7 Å². The molecule has 1 saturated heterocycles. The highest BCUT2D eigenvalue weighted by Crippen LogP contribution is 2.39. The molecule has 0 amide bonds. The van der Waals surface area contributed by atoms with Crippen LogP contribution in [0.5, 0.6) is 0 Å². The van der Waals surface area contributed by atoms with Crippen molar-refractivity contribution in [3.63, 3.8) is 0 Å². The van der Waals surface area contributed by atoms with Crippen LogP contribution in [0.25, 0.3) is 0 Å². The third-order valence-corrected chi connectivity index (χ3v) is 4.44. The Bertz CT molecular complexity index is 418. The first-order valence-corrected chi connectivity index (χ1v) is 6.79. The van der Waals surface area contributed by atoms with Crippen molar-refractivity contribution >= 4 is 5.82 Å². The molecule has 4 atom stereocenters. The van der Waals surface area contributed by atoms with Crippen LogP contribution in [-0.4, -0.2) is 29.3 Å². The molecule has 1 aliphatic carbocycles. The molecule has 3 N–H and O–H groups in total. The van der Waals surface area contributed by atoms with Crippen molar-refractivity contribution in [1.29, 1.82) is 0 Å². The van der Waals surface area contributed by atoms with E-state index in [0.717, 1.165) is 37.3 Å². The maximum atomic E-state index is 9.92. The first-order valence-electron chi connectivity index (χ1n) is 6.79. The van der Waals surface area contributed by atoms with Gasteiger partial charge in [0, 0.05) is 31.2 Å². The molecule has 4 heteroatoms. The summed E-state index contributed by atoms with van der Waals surface area (Å²) in [5.41, 5.74) is 6.89. The Morgan fingerprint density at radius 1 is 1.39 bits per heavy atom. The zero-order valence-electron chi connectivity index (χ0n) is 10.8. The van der Waals surface area contributed by atoms with Gasteiger partial charge in [-0.15, -0.1) is 0 Å². The summed E-state index contributed by atoms with van der Waals surface area (Å²) < 4.78 is 0. The fourth-order valence-corrected chi connectivity index (χ4v) is 3.28. The van der Waals surface area contributed by atoms with E-state index in [-0.39, 0.29) is 12.1 Å². The fraction of sp³-hybridized carbons (Fsp3) is 0.643. The maximum Gasteiger partial charge on any atom is 0.128 e. The lowest BCUT2D eigenvalue weighted by Gasteiger charge is -2.19. The highest BCUT2D eigenvalue weighted by Gasteiger charge is 2.42. The van der Waals surface area contributed by atoms with Crippen LogP contribution in [-0.2, 0) is 0 Å². The van der Waals surface area contributed by atoms with Crippen molar-refractivity contribution in [3.05, 3.63) is 23.9 Å². The number of anilines is 1. The minimum Gasteiger partial charge on any atom is -0.393 e. The van der Waals surface area contributed by atoms with Crippen molar-refractivity contribution < 1.29 is 5.11 Å². The predicted octanol–water partition coefficient (Wildman–Crippen LogP) is 1.31. The molecule has 98 valence electrons. The lowest BCUT2D eigenvalue weighted by atomic mass is 10.00. The first kappa shape index (κ1) is 11.9. The van der Waals surface area contributed by atoms with Gasteiger partial charge in [-0.05, 0) is 37.3 Å². The van der Waals surface area contributed by atoms with E-state index in [1.807, 2.05) is 19.2 Å². The Morgan fingerprint density at radius 2 is 2.22 bits per heavy atom. The summed E-state index contributed by atoms with van der Waals surface area (Å²) in [6.45, 7) is 3.94. The van der Waals surface area contributed by atoms with Crippen LogP contribution in [0.4, 0.5) is 5.82 Å². The van der Waals surface area contributed by atoms with Gasteiger partial charge >= 0.3 is 0 Å². The number of aliphatic hydroxyl groups excluding tert-OH is 1. The standard InChI is InChI=1S/C14H21N3O/c1-9(15)10-3-5-14(16-6-10)17-7-11-2-4-13(18)12(11)8-17/h3,5-6,9,11-13,18H,2,4,7-8,15H2,1H3. The first-order chi connectivity index (χ1) is 8.65. The van der Waals surface area contributed by atoms with Crippen molar-refractivity contribution in [1.82, 2.24) is 4.98 Å². The third-order valence-electron chi connectivity index (χ3n) is 4.44. The number of nitrogens with two attached hydrogens (primary N) is 1. The molecule has 0 spiro atoms. The highest BCUT2D eigenvalue weighted by molar-refractivity contribution is 5.41. The molecule has 18 heavy (non-hydrogen) atoms. The third kappa shape index (κ3) is 1.99. The molecular weight excluding hydrogens is 226 g/mol. The van der Waals surface area contributed by atoms with Gasteiger partial charge in [0.1, 0.15) is 5.82 Å². The largest absolute Gasteiger partial charge is 0.393 e. The van der Waals surface area contributed by atoms with E-state index in [1.54, 1.807) is 0 Å². The summed E-state index contributed by atoms with van der Waals surface area (Å²) in [5.74, 6) is 2.11. The molecule has 2 fully saturated rings. The number of hydrogen-bond donors (Lipinski definition) is 2. The fourth-order valence-electron chi connectivity index (χ4n) is 3.28. The summed E-state index contributed by atoms with van der Waals surface area (Å²) in [7, 11) is 0. The topological polar surface area (TPSA) is 62.4 Å². The summed E-state index contributed by atoms with van der Waals surface area (Å²) in [6.07, 6.45) is 3.88. The number of aromatic nitrogens is 1. The Kier molecular flexibility index (Phi) is 2.99. The zero-order chi connectivity index (χ0) is 12.7. The molecule has 1 saturated carbocycles. The zero-order valence-corrected chi connectivity index (χ0v) is 10.8. The molecule has 3 rings (SSSR count). The van der Waals surface area contributed by atoms with Gasteiger partial charge in [-0.1, -0.05) is 6.07 Å². The minimum absolute atomic E-state index is 0.0336. The van der Waals surface area contributed by atoms with E-state index in [9.17, 15) is 5.11 Å². The Morgan fingerprint density at radius 3 is 2.83 bits per heavy atom. The number of aliphatic hydroxyl groups is 1. The normalized spacial score (nSPS) is 32.6. The average molecular weight is 247 g/mol. The van der Waals surface area contributed by atoms with Gasteiger partial charge in [-0.25, -0.2) is 4.98 Å². The van der Waals surface area contributed by atoms with Crippen molar-refractivity contribution in [3.8, 4) is 0 Å². The number of rotatable bonds is 2. The summed E-state index contributed by atoms with van der Waals surface area (Å²) in [6, 6.07) is 4.13. The van der Waals surface area contributed by atoms with Crippen molar-refractivity contribution in [2.24, 2.45) is 17.6 Å². The second kappa shape index (κ2) is 4.52. The molecule has 1 aromatic rings. The van der Waals surface area contributed by atoms with Crippen LogP contribution in [0.15, 0.2) is 18.3 Å². The summed E-state index contributed by atoms with van der Waals surface area (Å²) in [5, 5.41) is 9.92. The molecule has 0 bridgehead atoms. The van der Waals surface area contributed by atoms with E-state index >= 15 is 0 Å². The Balaban J connectivity index is 1.73. The highest BCUT2D eigenvalue weighted by atomic mass is 16.3. The van der Waals surface area contributed by atoms with Gasteiger partial charge in [0.15, 0.2) is 0 Å². The van der Waals surface area contributed by atoms with E-state index in [4.69, 9.17) is 5.73 Å². The smallest absolute Gasteiger partial charge is 0.128 e. The second-order valence-electron chi connectivity index (χ2n) is 5.71. The van der Waals surface area contributed by atoms with Crippen LogP contribution in [0.2, 0.25) is 0 Å². The monoisotopic (exact) mass is 247 g/mol. The van der Waals surface area contributed by atoms with Crippen LogP contribution < -0.4 is 10.6 Å². The molecule has 0 radical (unpaired) electrons.